The molecule has 0 unspecified atom stereocenters. The summed E-state index contributed by atoms with van der Waals surface area (Å²) in [6, 6.07) is 7.60. The zero-order valence-electron chi connectivity index (χ0n) is 10.7. The van der Waals surface area contributed by atoms with E-state index < -0.39 is 29.8 Å². The average Bonchev–Trinajstić information content (AvgIpc) is 2.84. The van der Waals surface area contributed by atoms with Gasteiger partial charge in [0.25, 0.3) is 5.79 Å². The van der Waals surface area contributed by atoms with E-state index in [9.17, 15) is 20.1 Å². The maximum Gasteiger partial charge on any atom is 0.373 e. The molecule has 3 atom stereocenters. The van der Waals surface area contributed by atoms with Crippen molar-refractivity contribution in [1.29, 1.82) is 0 Å². The highest BCUT2D eigenvalue weighted by atomic mass is 125. The molecule has 2 aliphatic heterocycles. The van der Waals surface area contributed by atoms with Crippen molar-refractivity contribution in [3.05, 3.63) is 33.4 Å². The van der Waals surface area contributed by atoms with Crippen molar-refractivity contribution in [2.45, 2.75) is 30.4 Å². The third-order valence-electron chi connectivity index (χ3n) is 3.59. The molecule has 114 valence electrons. The van der Waals surface area contributed by atoms with Crippen molar-refractivity contribution in [2.75, 3.05) is 6.61 Å². The number of carbonyl (C=O) groups is 1. The van der Waals surface area contributed by atoms with Gasteiger partial charge in [-0.3, -0.25) is 0 Å². The molecule has 3 N–H and O–H groups in total. The topological polar surface area (TPSA) is 105 Å². The number of esters is 1. The summed E-state index contributed by atoms with van der Waals surface area (Å²) in [5.74, 6) is -6.93. The molecule has 2 fully saturated rings. The lowest BCUT2D eigenvalue weighted by Crippen LogP contribution is -2.58. The van der Waals surface area contributed by atoms with Gasteiger partial charge in [-0.2, -0.15) is 0 Å². The van der Waals surface area contributed by atoms with Crippen LogP contribution in [0.5, 0.6) is 0 Å². The van der Waals surface area contributed by atoms with E-state index in [1.165, 1.54) is 0 Å². The Balaban J connectivity index is 1.69. The van der Waals surface area contributed by atoms with E-state index >= 15 is 0 Å². The van der Waals surface area contributed by atoms with Crippen LogP contribution in [0.1, 0.15) is 5.56 Å². The monoisotopic (exact) mass is 406 g/mol. The lowest BCUT2D eigenvalue weighted by atomic mass is 10.0. The largest absolute Gasteiger partial charge is 0.449 e. The smallest absolute Gasteiger partial charge is 0.373 e. The van der Waals surface area contributed by atoms with E-state index in [-0.39, 0.29) is 13.2 Å². The van der Waals surface area contributed by atoms with Gasteiger partial charge in [0, 0.05) is 3.57 Å². The van der Waals surface area contributed by atoms with Crippen molar-refractivity contribution in [1.82, 2.24) is 0 Å². The van der Waals surface area contributed by atoms with Crippen molar-refractivity contribution >= 4 is 28.6 Å². The van der Waals surface area contributed by atoms with E-state index in [1.54, 1.807) is 0 Å². The molecule has 2 heterocycles. The molecular formula is C13H13IO7. The Kier molecular flexibility index (Phi) is 3.71. The Morgan fingerprint density at radius 3 is 2.62 bits per heavy atom. The molecule has 0 spiro atoms. The molecule has 1 aromatic carbocycles. The molecule has 8 heteroatoms. The van der Waals surface area contributed by atoms with E-state index in [0.717, 1.165) is 9.13 Å². The van der Waals surface area contributed by atoms with Gasteiger partial charge < -0.3 is 29.5 Å². The lowest BCUT2D eigenvalue weighted by molar-refractivity contribution is -0.329. The molecule has 1 aromatic rings. The molecule has 0 aliphatic carbocycles. The van der Waals surface area contributed by atoms with Crippen LogP contribution in [0.2, 0.25) is 0 Å². The van der Waals surface area contributed by atoms with Crippen LogP contribution < -0.4 is 0 Å². The zero-order chi connectivity index (χ0) is 15.3. The highest BCUT2D eigenvalue weighted by Gasteiger charge is 2.74. The fraction of sp³-hybridized carbons (Fsp3) is 0.462. The van der Waals surface area contributed by atoms with Crippen LogP contribution in [-0.2, 0) is 25.6 Å². The second-order valence-electron chi connectivity index (χ2n) is 4.98. The number of fused-ring (bicyclic) bond motifs is 1. The van der Waals surface area contributed by atoms with Gasteiger partial charge in [-0.1, -0.05) is 12.1 Å². The minimum atomic E-state index is -3.08. The first kappa shape index (κ1) is 15.1. The first-order valence-electron chi connectivity index (χ1n) is 6.23. The summed E-state index contributed by atoms with van der Waals surface area (Å²) >= 11 is 2.18. The molecule has 0 amide bonds. The quantitative estimate of drug-likeness (QED) is 0.353. The van der Waals surface area contributed by atoms with E-state index in [4.69, 9.17) is 14.2 Å². The van der Waals surface area contributed by atoms with Gasteiger partial charge in [-0.05, 0) is 40.3 Å². The third-order valence-corrected chi connectivity index (χ3v) is 4.31. The van der Waals surface area contributed by atoms with Crippen LogP contribution in [0.25, 0.3) is 0 Å². The summed E-state index contributed by atoms with van der Waals surface area (Å²) in [5, 5.41) is 29.2. The number of aliphatic hydroxyl groups is 3. The molecule has 2 aliphatic rings. The predicted molar refractivity (Wildman–Crippen MR) is 75.7 cm³/mol. The van der Waals surface area contributed by atoms with Crippen molar-refractivity contribution in [2.24, 2.45) is 0 Å². The van der Waals surface area contributed by atoms with Crippen LogP contribution in [0, 0.1) is 3.57 Å². The number of ether oxygens (including phenoxy) is 3. The van der Waals surface area contributed by atoms with Crippen LogP contribution in [-0.4, -0.2) is 51.7 Å². The predicted octanol–water partition coefficient (Wildman–Crippen LogP) is -0.498. The Morgan fingerprint density at radius 2 is 1.95 bits per heavy atom. The average molecular weight is 406 g/mol. The number of hydrogen-bond acceptors (Lipinski definition) is 7. The third kappa shape index (κ3) is 2.35. The van der Waals surface area contributed by atoms with Crippen LogP contribution in [0.3, 0.4) is 0 Å². The molecule has 2 saturated heterocycles. The zero-order valence-corrected chi connectivity index (χ0v) is 12.9. The van der Waals surface area contributed by atoms with E-state index in [1.807, 2.05) is 24.3 Å². The summed E-state index contributed by atoms with van der Waals surface area (Å²) in [5.41, 5.74) is 0.898. The number of hydrogen-bond donors (Lipinski definition) is 3. The lowest BCUT2D eigenvalue weighted by Gasteiger charge is -2.26. The number of halogens is 1. The summed E-state index contributed by atoms with van der Waals surface area (Å²) in [7, 11) is 0. The van der Waals surface area contributed by atoms with Crippen molar-refractivity contribution in [3.63, 3.8) is 0 Å². The SMILES string of the molecule is O=C1O[C@@H]2[C@@H](OCc3ccc([125I])cc3)CO[C@]2(O)C1(O)O. The Hall–Kier alpha value is -0.780. The molecule has 21 heavy (non-hydrogen) atoms. The first-order valence-corrected chi connectivity index (χ1v) is 7.30. The summed E-state index contributed by atoms with van der Waals surface area (Å²) < 4.78 is 16.4. The Bertz CT molecular complexity index is 558. The maximum absolute atomic E-state index is 11.4. The van der Waals surface area contributed by atoms with Gasteiger partial charge in [0.15, 0.2) is 6.10 Å². The van der Waals surface area contributed by atoms with Gasteiger partial charge in [0.1, 0.15) is 6.10 Å². The Labute approximate surface area is 133 Å². The highest BCUT2D eigenvalue weighted by Crippen LogP contribution is 2.42. The van der Waals surface area contributed by atoms with Gasteiger partial charge in [-0.15, -0.1) is 0 Å². The summed E-state index contributed by atoms with van der Waals surface area (Å²) in [6.45, 7) is 0.112. The molecule has 0 aromatic heterocycles. The van der Waals surface area contributed by atoms with Crippen LogP contribution in [0.15, 0.2) is 24.3 Å². The second kappa shape index (κ2) is 5.14. The second-order valence-corrected chi connectivity index (χ2v) is 6.23. The molecule has 7 nitrogen and oxygen atoms in total. The van der Waals surface area contributed by atoms with Gasteiger partial charge in [0.05, 0.1) is 13.2 Å². The standard InChI is InChI=1S/C13H13IO7/c14-8-3-1-7(2-4-8)5-19-9-6-20-13(18)10(9)21-11(15)12(13,16)17/h1-4,9-10,16-18H,5-6H2/t9-,10+,13-/m0/s1/i14-2. The van der Waals surface area contributed by atoms with Gasteiger partial charge in [0.2, 0.25) is 0 Å². The fourth-order valence-electron chi connectivity index (χ4n) is 2.35. The van der Waals surface area contributed by atoms with Crippen molar-refractivity contribution < 1.29 is 34.3 Å². The molecule has 0 radical (unpaired) electrons. The fourth-order valence-corrected chi connectivity index (χ4v) is 2.71. The van der Waals surface area contributed by atoms with Gasteiger partial charge >= 0.3 is 11.8 Å². The van der Waals surface area contributed by atoms with Gasteiger partial charge in [-0.25, -0.2) is 4.79 Å². The minimum absolute atomic E-state index is 0.109. The molecule has 0 bridgehead atoms. The molecule has 0 saturated carbocycles. The van der Waals surface area contributed by atoms with E-state index in [2.05, 4.69) is 22.6 Å². The normalized spacial score (nSPS) is 33.8. The minimum Gasteiger partial charge on any atom is -0.449 e. The van der Waals surface area contributed by atoms with E-state index in [0.29, 0.717) is 0 Å². The van der Waals surface area contributed by atoms with Crippen LogP contribution in [0.4, 0.5) is 0 Å². The number of carbonyl (C=O) groups excluding carboxylic acids is 1. The van der Waals surface area contributed by atoms with Crippen molar-refractivity contribution in [3.8, 4) is 0 Å². The Morgan fingerprint density at radius 1 is 1.29 bits per heavy atom. The maximum atomic E-state index is 11.4. The summed E-state index contributed by atoms with van der Waals surface area (Å²) in [4.78, 5) is 11.4. The molecular weight excluding hydrogens is 393 g/mol. The molecule has 3 rings (SSSR count). The number of rotatable bonds is 3. The first-order chi connectivity index (χ1) is 9.84. The summed E-state index contributed by atoms with van der Waals surface area (Å²) in [6.07, 6.45) is -2.05. The van der Waals surface area contributed by atoms with Crippen LogP contribution >= 0.6 is 22.6 Å². The highest BCUT2D eigenvalue weighted by molar-refractivity contribution is 14.1. The number of benzene rings is 1.